The van der Waals surface area contributed by atoms with E-state index in [2.05, 4.69) is 35.5 Å². The number of rotatable bonds is 9. The molecule has 0 amide bonds. The van der Waals surface area contributed by atoms with Crippen LogP contribution >= 0.6 is 24.0 Å². The number of benzene rings is 2. The zero-order valence-corrected chi connectivity index (χ0v) is 20.2. The SMILES string of the molecule is CN=C(NCc1ccc(OC)c(OC)c1)NCc1ccccc1OCC(C)C.I. The van der Waals surface area contributed by atoms with Gasteiger partial charge in [0.1, 0.15) is 5.75 Å². The Hall–Kier alpha value is -2.16. The van der Waals surface area contributed by atoms with Gasteiger partial charge in [-0.3, -0.25) is 4.99 Å². The number of nitrogens with zero attached hydrogens (tertiary/aromatic N) is 1. The van der Waals surface area contributed by atoms with Gasteiger partial charge in [-0.15, -0.1) is 24.0 Å². The number of halogens is 1. The molecule has 2 aromatic rings. The van der Waals surface area contributed by atoms with E-state index < -0.39 is 0 Å². The monoisotopic (exact) mass is 513 g/mol. The maximum Gasteiger partial charge on any atom is 0.191 e. The smallest absolute Gasteiger partial charge is 0.191 e. The number of hydrogen-bond acceptors (Lipinski definition) is 4. The highest BCUT2D eigenvalue weighted by atomic mass is 127. The van der Waals surface area contributed by atoms with Crippen LogP contribution in [-0.4, -0.2) is 33.8 Å². The lowest BCUT2D eigenvalue weighted by molar-refractivity contribution is 0.268. The predicted octanol–water partition coefficient (Wildman–Crippen LogP) is 4.22. The van der Waals surface area contributed by atoms with Gasteiger partial charge in [0.15, 0.2) is 17.5 Å². The van der Waals surface area contributed by atoms with Crippen LogP contribution in [0, 0.1) is 5.92 Å². The van der Waals surface area contributed by atoms with Crippen LogP contribution in [0.25, 0.3) is 0 Å². The second-order valence-electron chi connectivity index (χ2n) is 6.78. The molecular weight excluding hydrogens is 481 g/mol. The van der Waals surface area contributed by atoms with Crippen LogP contribution in [0.1, 0.15) is 25.0 Å². The summed E-state index contributed by atoms with van der Waals surface area (Å²) in [4.78, 5) is 4.30. The maximum atomic E-state index is 5.92. The average Bonchev–Trinajstić information content (AvgIpc) is 2.72. The molecule has 0 aromatic heterocycles. The summed E-state index contributed by atoms with van der Waals surface area (Å²) in [7, 11) is 5.02. The van der Waals surface area contributed by atoms with E-state index in [1.807, 2.05) is 36.4 Å². The van der Waals surface area contributed by atoms with Gasteiger partial charge in [0.2, 0.25) is 0 Å². The van der Waals surface area contributed by atoms with Gasteiger partial charge in [0.05, 0.1) is 20.8 Å². The molecule has 0 fully saturated rings. The quantitative estimate of drug-likeness (QED) is 0.299. The largest absolute Gasteiger partial charge is 0.493 e. The van der Waals surface area contributed by atoms with Crippen molar-refractivity contribution >= 4 is 29.9 Å². The predicted molar refractivity (Wildman–Crippen MR) is 129 cm³/mol. The van der Waals surface area contributed by atoms with Crippen LogP contribution in [0.15, 0.2) is 47.5 Å². The van der Waals surface area contributed by atoms with Crippen LogP contribution < -0.4 is 24.8 Å². The van der Waals surface area contributed by atoms with Crippen LogP contribution in [0.2, 0.25) is 0 Å². The molecule has 2 N–H and O–H groups in total. The fourth-order valence-corrected chi connectivity index (χ4v) is 2.62. The summed E-state index contributed by atoms with van der Waals surface area (Å²) in [5.74, 6) is 3.53. The summed E-state index contributed by atoms with van der Waals surface area (Å²) in [6, 6.07) is 13.9. The van der Waals surface area contributed by atoms with E-state index in [-0.39, 0.29) is 24.0 Å². The van der Waals surface area contributed by atoms with Crippen molar-refractivity contribution in [2.75, 3.05) is 27.9 Å². The Morgan fingerprint density at radius 3 is 2.28 bits per heavy atom. The molecule has 160 valence electrons. The Bertz CT molecular complexity index is 782. The van der Waals surface area contributed by atoms with E-state index in [9.17, 15) is 0 Å². The fraction of sp³-hybridized carbons (Fsp3) is 0.409. The first kappa shape index (κ1) is 24.9. The van der Waals surface area contributed by atoms with E-state index in [4.69, 9.17) is 14.2 Å². The Morgan fingerprint density at radius 1 is 0.931 bits per heavy atom. The molecular formula is C22H32IN3O3. The molecule has 0 unspecified atom stereocenters. The van der Waals surface area contributed by atoms with E-state index >= 15 is 0 Å². The molecule has 0 atom stereocenters. The Kier molecular flexibility index (Phi) is 11.3. The number of nitrogens with one attached hydrogen (secondary N) is 2. The Labute approximate surface area is 191 Å². The number of ether oxygens (including phenoxy) is 3. The second kappa shape index (κ2) is 13.1. The molecule has 0 heterocycles. The number of hydrogen-bond donors (Lipinski definition) is 2. The van der Waals surface area contributed by atoms with Crippen LogP contribution in [0.4, 0.5) is 0 Å². The van der Waals surface area contributed by atoms with Gasteiger partial charge in [-0.25, -0.2) is 0 Å². The standard InChI is InChI=1S/C22H31N3O3.HI/c1-16(2)15-28-19-9-7-6-8-18(19)14-25-22(23-3)24-13-17-10-11-20(26-4)21(12-17)27-5;/h6-12,16H,13-15H2,1-5H3,(H2,23,24,25);1H. The maximum absolute atomic E-state index is 5.92. The third kappa shape index (κ3) is 8.00. The first-order valence-electron chi connectivity index (χ1n) is 9.43. The number of aliphatic imine (C=N–C) groups is 1. The summed E-state index contributed by atoms with van der Waals surface area (Å²) in [5, 5.41) is 6.65. The van der Waals surface area contributed by atoms with Crippen molar-refractivity contribution in [1.29, 1.82) is 0 Å². The molecule has 0 radical (unpaired) electrons. The van der Waals surface area contributed by atoms with Gasteiger partial charge < -0.3 is 24.8 Å². The van der Waals surface area contributed by atoms with Crippen molar-refractivity contribution in [3.63, 3.8) is 0 Å². The third-order valence-electron chi connectivity index (χ3n) is 4.12. The van der Waals surface area contributed by atoms with E-state index in [0.717, 1.165) is 16.9 Å². The van der Waals surface area contributed by atoms with Crippen molar-refractivity contribution in [3.8, 4) is 17.2 Å². The van der Waals surface area contributed by atoms with E-state index in [1.165, 1.54) is 0 Å². The lowest BCUT2D eigenvalue weighted by Gasteiger charge is -2.16. The van der Waals surface area contributed by atoms with Gasteiger partial charge in [-0.05, 0) is 29.7 Å². The van der Waals surface area contributed by atoms with Crippen molar-refractivity contribution < 1.29 is 14.2 Å². The highest BCUT2D eigenvalue weighted by molar-refractivity contribution is 14.0. The lowest BCUT2D eigenvalue weighted by Crippen LogP contribution is -2.36. The zero-order chi connectivity index (χ0) is 20.4. The van der Waals surface area contributed by atoms with Gasteiger partial charge >= 0.3 is 0 Å². The fourth-order valence-electron chi connectivity index (χ4n) is 2.62. The molecule has 6 nitrogen and oxygen atoms in total. The van der Waals surface area contributed by atoms with Gasteiger partial charge in [-0.1, -0.05) is 38.1 Å². The summed E-state index contributed by atoms with van der Waals surface area (Å²) in [5.41, 5.74) is 2.17. The van der Waals surface area contributed by atoms with Crippen molar-refractivity contribution in [1.82, 2.24) is 10.6 Å². The minimum Gasteiger partial charge on any atom is -0.493 e. The van der Waals surface area contributed by atoms with Gasteiger partial charge in [0.25, 0.3) is 0 Å². The molecule has 0 aliphatic carbocycles. The van der Waals surface area contributed by atoms with Gasteiger partial charge in [0, 0.05) is 25.7 Å². The van der Waals surface area contributed by atoms with Crippen molar-refractivity contribution in [3.05, 3.63) is 53.6 Å². The third-order valence-corrected chi connectivity index (χ3v) is 4.12. The lowest BCUT2D eigenvalue weighted by atomic mass is 10.2. The number of methoxy groups -OCH3 is 2. The van der Waals surface area contributed by atoms with Crippen LogP contribution in [0.3, 0.4) is 0 Å². The molecule has 2 aromatic carbocycles. The van der Waals surface area contributed by atoms with Crippen LogP contribution in [0.5, 0.6) is 17.2 Å². The molecule has 7 heteroatoms. The molecule has 0 aliphatic heterocycles. The Balaban J connectivity index is 0.00000420. The number of para-hydroxylation sites is 1. The first-order valence-corrected chi connectivity index (χ1v) is 9.43. The van der Waals surface area contributed by atoms with Gasteiger partial charge in [-0.2, -0.15) is 0 Å². The zero-order valence-electron chi connectivity index (χ0n) is 17.8. The van der Waals surface area contributed by atoms with Crippen molar-refractivity contribution in [2.45, 2.75) is 26.9 Å². The molecule has 0 spiro atoms. The van der Waals surface area contributed by atoms with E-state index in [1.54, 1.807) is 21.3 Å². The second-order valence-corrected chi connectivity index (χ2v) is 6.78. The topological polar surface area (TPSA) is 64.1 Å². The van der Waals surface area contributed by atoms with Crippen molar-refractivity contribution in [2.24, 2.45) is 10.9 Å². The molecule has 0 saturated heterocycles. The normalized spacial score (nSPS) is 10.9. The Morgan fingerprint density at radius 2 is 1.62 bits per heavy atom. The summed E-state index contributed by atoms with van der Waals surface area (Å²) in [6.45, 7) is 6.22. The molecule has 2 rings (SSSR count). The summed E-state index contributed by atoms with van der Waals surface area (Å²) in [6.07, 6.45) is 0. The highest BCUT2D eigenvalue weighted by Crippen LogP contribution is 2.27. The van der Waals surface area contributed by atoms with E-state index in [0.29, 0.717) is 43.1 Å². The molecule has 0 bridgehead atoms. The minimum atomic E-state index is 0. The molecule has 0 aliphatic rings. The highest BCUT2D eigenvalue weighted by Gasteiger charge is 2.07. The molecule has 0 saturated carbocycles. The number of guanidine groups is 1. The minimum absolute atomic E-state index is 0. The first-order chi connectivity index (χ1) is 13.6. The molecule has 29 heavy (non-hydrogen) atoms. The summed E-state index contributed by atoms with van der Waals surface area (Å²) < 4.78 is 16.5. The average molecular weight is 513 g/mol. The van der Waals surface area contributed by atoms with Crippen LogP contribution in [-0.2, 0) is 13.1 Å². The summed E-state index contributed by atoms with van der Waals surface area (Å²) >= 11 is 0.